The van der Waals surface area contributed by atoms with Crippen LogP contribution in [-0.2, 0) is 13.8 Å². The Labute approximate surface area is 192 Å². The Morgan fingerprint density at radius 1 is 1.35 bits per heavy atom. The number of rotatable bonds is 8. The summed E-state index contributed by atoms with van der Waals surface area (Å²) in [5.41, 5.74) is 2.61. The van der Waals surface area contributed by atoms with Crippen molar-refractivity contribution >= 4 is 25.4 Å². The van der Waals surface area contributed by atoms with Crippen molar-refractivity contribution in [1.29, 1.82) is 0 Å². The SMILES string of the molecule is C#C[C@]1(F)[C@H](n2cnc3c(OCC)nc(N)nc32)O[C@](F)(CO[P+](=O)Oc2ccccc2)[C@H]1O. The van der Waals surface area contributed by atoms with Crippen LogP contribution in [0, 0.1) is 12.3 Å². The zero-order chi connectivity index (χ0) is 24.5. The number of fused-ring (bicyclic) bond motifs is 1. The lowest BCUT2D eigenvalue weighted by Gasteiger charge is -2.23. The predicted octanol–water partition coefficient (Wildman–Crippen LogP) is 2.46. The maximum absolute atomic E-state index is 15.7. The summed E-state index contributed by atoms with van der Waals surface area (Å²) in [6, 6.07) is 7.94. The molecule has 0 bridgehead atoms. The van der Waals surface area contributed by atoms with E-state index in [1.54, 1.807) is 31.0 Å². The van der Waals surface area contributed by atoms with E-state index in [-0.39, 0.29) is 35.3 Å². The Balaban J connectivity index is 1.61. The molecular formula is C20H19F2N5O6P+. The summed E-state index contributed by atoms with van der Waals surface area (Å²) in [6.45, 7) is 0.767. The monoisotopic (exact) mass is 494 g/mol. The Morgan fingerprint density at radius 2 is 2.09 bits per heavy atom. The lowest BCUT2D eigenvalue weighted by molar-refractivity contribution is -0.202. The molecule has 178 valence electrons. The van der Waals surface area contributed by atoms with Gasteiger partial charge in [0.25, 0.3) is 5.85 Å². The molecule has 1 fully saturated rings. The summed E-state index contributed by atoms with van der Waals surface area (Å²) in [4.78, 5) is 12.0. The Morgan fingerprint density at radius 3 is 2.76 bits per heavy atom. The fraction of sp³-hybridized carbons (Fsp3) is 0.350. The molecule has 1 aliphatic heterocycles. The van der Waals surface area contributed by atoms with E-state index in [2.05, 4.69) is 15.0 Å². The number of aliphatic hydroxyl groups is 1. The van der Waals surface area contributed by atoms with Crippen molar-refractivity contribution in [2.75, 3.05) is 18.9 Å². The fourth-order valence-electron chi connectivity index (χ4n) is 3.36. The van der Waals surface area contributed by atoms with Crippen molar-refractivity contribution in [3.63, 3.8) is 0 Å². The molecule has 0 amide bonds. The number of aromatic nitrogens is 4. The molecule has 2 aromatic heterocycles. The first-order valence-electron chi connectivity index (χ1n) is 9.89. The van der Waals surface area contributed by atoms with Crippen LogP contribution >= 0.6 is 8.25 Å². The highest BCUT2D eigenvalue weighted by molar-refractivity contribution is 7.33. The second-order valence-corrected chi connectivity index (χ2v) is 8.00. The van der Waals surface area contributed by atoms with Crippen molar-refractivity contribution in [2.45, 2.75) is 30.8 Å². The first-order chi connectivity index (χ1) is 16.2. The number of para-hydroxylation sites is 1. The van der Waals surface area contributed by atoms with E-state index in [4.69, 9.17) is 30.7 Å². The van der Waals surface area contributed by atoms with E-state index >= 15 is 8.78 Å². The Hall–Kier alpha value is -3.43. The minimum absolute atomic E-state index is 0.0114. The minimum Gasteiger partial charge on any atom is -0.476 e. The smallest absolute Gasteiger partial charge is 0.476 e. The maximum atomic E-state index is 15.7. The predicted molar refractivity (Wildman–Crippen MR) is 114 cm³/mol. The standard InChI is InChI=1S/C20H19F2N5O6P/c1-3-19(21)16(28)20(22,10-31-34(29)33-12-8-6-5-7-9-12)32-17(19)27-11-24-13-14(27)25-18(23)26-15(13)30-4-2/h1,5-9,11,16-17,28H,4,10H2,2H3,(H2,23,25,26)/q+1/t16-,17+,19+,20+/m0/s1. The first-order valence-corrected chi connectivity index (χ1v) is 11.0. The van der Waals surface area contributed by atoms with Crippen LogP contribution < -0.4 is 15.0 Å². The number of nitrogen functional groups attached to an aromatic ring is 1. The average Bonchev–Trinajstić information content (AvgIpc) is 3.32. The van der Waals surface area contributed by atoms with Crippen molar-refractivity contribution in [3.05, 3.63) is 36.7 Å². The molecule has 3 N–H and O–H groups in total. The van der Waals surface area contributed by atoms with Gasteiger partial charge in [0.2, 0.25) is 17.5 Å². The minimum atomic E-state index is -3.20. The number of nitrogens with two attached hydrogens (primary N) is 1. The number of benzene rings is 1. The van der Waals surface area contributed by atoms with Gasteiger partial charge >= 0.3 is 8.25 Å². The number of nitrogens with zero attached hydrogens (tertiary/aromatic N) is 4. The average molecular weight is 494 g/mol. The molecule has 1 aliphatic rings. The van der Waals surface area contributed by atoms with E-state index in [1.807, 2.05) is 0 Å². The maximum Gasteiger partial charge on any atom is 0.750 e. The van der Waals surface area contributed by atoms with Crippen LogP contribution in [0.25, 0.3) is 11.2 Å². The zero-order valence-corrected chi connectivity index (χ0v) is 18.6. The molecule has 11 nitrogen and oxygen atoms in total. The van der Waals surface area contributed by atoms with E-state index in [9.17, 15) is 9.67 Å². The summed E-state index contributed by atoms with van der Waals surface area (Å²) in [5, 5.41) is 10.5. The largest absolute Gasteiger partial charge is 0.750 e. The van der Waals surface area contributed by atoms with Crippen molar-refractivity contribution in [2.24, 2.45) is 0 Å². The summed E-state index contributed by atoms with van der Waals surface area (Å²) in [5.74, 6) is -1.49. The summed E-state index contributed by atoms with van der Waals surface area (Å²) in [7, 11) is -2.89. The molecule has 34 heavy (non-hydrogen) atoms. The number of ether oxygens (including phenoxy) is 2. The molecule has 5 atom stereocenters. The number of aliphatic hydroxyl groups excluding tert-OH is 1. The highest BCUT2D eigenvalue weighted by atomic mass is 31.1. The molecule has 0 spiro atoms. The molecule has 1 unspecified atom stereocenters. The lowest BCUT2D eigenvalue weighted by atomic mass is 9.96. The fourth-order valence-corrected chi connectivity index (χ4v) is 3.99. The van der Waals surface area contributed by atoms with Crippen LogP contribution in [-0.4, -0.2) is 55.5 Å². The van der Waals surface area contributed by atoms with Crippen LogP contribution in [0.2, 0.25) is 0 Å². The summed E-state index contributed by atoms with van der Waals surface area (Å²) in [6.07, 6.45) is 1.91. The second kappa shape index (κ2) is 9.08. The van der Waals surface area contributed by atoms with Gasteiger partial charge in [0.1, 0.15) is 0 Å². The third-order valence-electron chi connectivity index (χ3n) is 4.92. The van der Waals surface area contributed by atoms with Crippen LogP contribution in [0.3, 0.4) is 0 Å². The van der Waals surface area contributed by atoms with Gasteiger partial charge < -0.3 is 20.3 Å². The summed E-state index contributed by atoms with van der Waals surface area (Å²) < 4.78 is 64.8. The number of alkyl halides is 2. The molecule has 0 radical (unpaired) electrons. The van der Waals surface area contributed by atoms with Gasteiger partial charge in [-0.25, -0.2) is 18.3 Å². The van der Waals surface area contributed by atoms with Crippen LogP contribution in [0.1, 0.15) is 13.2 Å². The third kappa shape index (κ3) is 4.12. The molecule has 1 aromatic carbocycles. The zero-order valence-electron chi connectivity index (χ0n) is 17.7. The number of terminal acetylenes is 1. The van der Waals surface area contributed by atoms with Gasteiger partial charge in [0, 0.05) is 4.57 Å². The molecule has 1 saturated heterocycles. The number of halogens is 2. The van der Waals surface area contributed by atoms with Gasteiger partial charge in [0.15, 0.2) is 35.9 Å². The highest BCUT2D eigenvalue weighted by Gasteiger charge is 2.67. The molecule has 3 aromatic rings. The lowest BCUT2D eigenvalue weighted by Crippen LogP contribution is -2.47. The van der Waals surface area contributed by atoms with E-state index in [0.29, 0.717) is 0 Å². The molecule has 0 aliphatic carbocycles. The van der Waals surface area contributed by atoms with Gasteiger partial charge in [0.05, 0.1) is 12.9 Å². The van der Waals surface area contributed by atoms with Gasteiger partial charge in [-0.3, -0.25) is 4.57 Å². The van der Waals surface area contributed by atoms with Crippen LogP contribution in [0.4, 0.5) is 14.7 Å². The van der Waals surface area contributed by atoms with Crippen molar-refractivity contribution in [3.8, 4) is 24.0 Å². The molecule has 0 saturated carbocycles. The van der Waals surface area contributed by atoms with E-state index < -0.39 is 38.7 Å². The molecule has 4 rings (SSSR count). The molecular weight excluding hydrogens is 475 g/mol. The van der Waals surface area contributed by atoms with Gasteiger partial charge in [-0.1, -0.05) is 24.1 Å². The van der Waals surface area contributed by atoms with Crippen LogP contribution in [0.5, 0.6) is 11.6 Å². The number of imidazole rings is 1. The quantitative estimate of drug-likeness (QED) is 0.354. The topological polar surface area (TPSA) is 144 Å². The van der Waals surface area contributed by atoms with Crippen molar-refractivity contribution in [1.82, 2.24) is 19.5 Å². The summed E-state index contributed by atoms with van der Waals surface area (Å²) >= 11 is 0. The van der Waals surface area contributed by atoms with Gasteiger partial charge in [-0.2, -0.15) is 9.97 Å². The molecule has 3 heterocycles. The number of hydrogen-bond acceptors (Lipinski definition) is 10. The number of anilines is 1. The highest BCUT2D eigenvalue weighted by Crippen LogP contribution is 2.49. The second-order valence-electron chi connectivity index (χ2n) is 7.12. The molecule has 14 heteroatoms. The normalized spacial score (nSPS) is 26.9. The van der Waals surface area contributed by atoms with Crippen LogP contribution in [0.15, 0.2) is 36.7 Å². The van der Waals surface area contributed by atoms with E-state index in [0.717, 1.165) is 10.9 Å². The Bertz CT molecular complexity index is 1260. The third-order valence-corrected chi connectivity index (χ3v) is 5.62. The Kier molecular flexibility index (Phi) is 6.33. The first kappa shape index (κ1) is 23.7. The van der Waals surface area contributed by atoms with E-state index in [1.165, 1.54) is 12.1 Å². The van der Waals surface area contributed by atoms with Gasteiger partial charge in [-0.05, 0) is 19.1 Å². The van der Waals surface area contributed by atoms with Gasteiger partial charge in [-0.15, -0.1) is 10.9 Å². The van der Waals surface area contributed by atoms with Crippen molar-refractivity contribution < 1.29 is 37.0 Å². The number of hydrogen-bond donors (Lipinski definition) is 2.